The van der Waals surface area contributed by atoms with E-state index < -0.39 is 5.60 Å². The summed E-state index contributed by atoms with van der Waals surface area (Å²) in [6.07, 6.45) is 5.02. The van der Waals surface area contributed by atoms with E-state index in [0.29, 0.717) is 11.8 Å². The molecule has 0 spiro atoms. The van der Waals surface area contributed by atoms with Crippen molar-refractivity contribution < 1.29 is 9.53 Å². The third-order valence-electron chi connectivity index (χ3n) is 4.82. The van der Waals surface area contributed by atoms with Gasteiger partial charge < -0.3 is 14.6 Å². The Morgan fingerprint density at radius 3 is 2.68 bits per heavy atom. The van der Waals surface area contributed by atoms with Gasteiger partial charge in [-0.25, -0.2) is 19.8 Å². The summed E-state index contributed by atoms with van der Waals surface area (Å²) >= 11 is 0. The maximum atomic E-state index is 12.2. The maximum Gasteiger partial charge on any atom is 0.410 e. The van der Waals surface area contributed by atoms with Crippen LogP contribution < -0.4 is 0 Å². The van der Waals surface area contributed by atoms with E-state index in [1.54, 1.807) is 0 Å². The van der Waals surface area contributed by atoms with Crippen molar-refractivity contribution in [3.8, 4) is 0 Å². The summed E-state index contributed by atoms with van der Waals surface area (Å²) < 4.78 is 5.49. The monoisotopic (exact) mass is 341 g/mol. The zero-order valence-corrected chi connectivity index (χ0v) is 14.8. The second kappa shape index (κ2) is 5.82. The van der Waals surface area contributed by atoms with Gasteiger partial charge in [-0.3, -0.25) is 0 Å². The molecule has 7 heteroatoms. The fourth-order valence-electron chi connectivity index (χ4n) is 3.75. The molecule has 1 saturated carbocycles. The summed E-state index contributed by atoms with van der Waals surface area (Å²) in [5.41, 5.74) is 1.53. The SMILES string of the molecule is CC(C)(C)OC(=O)N1CC2CC(=Nc3ncnc4[nH]ccc34)CC2C1. The van der Waals surface area contributed by atoms with Gasteiger partial charge in [0.05, 0.1) is 5.39 Å². The Kier molecular flexibility index (Phi) is 3.74. The molecule has 2 aliphatic rings. The molecule has 132 valence electrons. The molecule has 1 N–H and O–H groups in total. The van der Waals surface area contributed by atoms with Gasteiger partial charge >= 0.3 is 6.09 Å². The minimum Gasteiger partial charge on any atom is -0.444 e. The molecule has 2 aromatic heterocycles. The quantitative estimate of drug-likeness (QED) is 0.862. The Balaban J connectivity index is 1.44. The third-order valence-corrected chi connectivity index (χ3v) is 4.82. The molecule has 2 atom stereocenters. The average molecular weight is 341 g/mol. The number of carbonyl (C=O) groups is 1. The summed E-state index contributed by atoms with van der Waals surface area (Å²) in [6.45, 7) is 7.20. The highest BCUT2D eigenvalue weighted by Gasteiger charge is 2.42. The van der Waals surface area contributed by atoms with Crippen molar-refractivity contribution in [2.45, 2.75) is 39.2 Å². The number of aliphatic imine (C=N–C) groups is 1. The molecule has 0 bridgehead atoms. The Bertz CT molecular complexity index is 819. The molecule has 3 heterocycles. The Morgan fingerprint density at radius 1 is 1.28 bits per heavy atom. The average Bonchev–Trinajstić information content (AvgIpc) is 3.18. The van der Waals surface area contributed by atoms with Crippen molar-refractivity contribution in [3.05, 3.63) is 18.6 Å². The number of nitrogens with zero attached hydrogens (tertiary/aromatic N) is 4. The first-order valence-corrected chi connectivity index (χ1v) is 8.71. The smallest absolute Gasteiger partial charge is 0.410 e. The number of rotatable bonds is 1. The van der Waals surface area contributed by atoms with Gasteiger partial charge in [-0.05, 0) is 51.5 Å². The van der Waals surface area contributed by atoms with Gasteiger partial charge in [-0.2, -0.15) is 0 Å². The number of nitrogens with one attached hydrogen (secondary N) is 1. The predicted octanol–water partition coefficient (Wildman–Crippen LogP) is 3.31. The van der Waals surface area contributed by atoms with Crippen molar-refractivity contribution in [1.29, 1.82) is 0 Å². The van der Waals surface area contributed by atoms with Crippen LogP contribution in [-0.2, 0) is 4.74 Å². The number of H-pyrrole nitrogens is 1. The lowest BCUT2D eigenvalue weighted by molar-refractivity contribution is 0.0283. The number of hydrogen-bond donors (Lipinski definition) is 1. The summed E-state index contributed by atoms with van der Waals surface area (Å²) in [6, 6.07) is 1.95. The molecule has 7 nitrogen and oxygen atoms in total. The van der Waals surface area contributed by atoms with Crippen LogP contribution in [0, 0.1) is 11.8 Å². The first-order chi connectivity index (χ1) is 11.9. The van der Waals surface area contributed by atoms with Crippen molar-refractivity contribution in [2.24, 2.45) is 16.8 Å². The number of aromatic nitrogens is 3. The summed E-state index contributed by atoms with van der Waals surface area (Å²) in [5, 5.41) is 0.947. The molecule has 1 aliphatic heterocycles. The van der Waals surface area contributed by atoms with E-state index in [1.165, 1.54) is 12.0 Å². The minimum absolute atomic E-state index is 0.203. The van der Waals surface area contributed by atoms with Gasteiger partial charge in [-0.15, -0.1) is 0 Å². The Hall–Kier alpha value is -2.44. The number of amides is 1. The molecule has 0 radical (unpaired) electrons. The lowest BCUT2D eigenvalue weighted by Crippen LogP contribution is -2.36. The fraction of sp³-hybridized carbons (Fsp3) is 0.556. The van der Waals surface area contributed by atoms with Crippen LogP contribution in [0.2, 0.25) is 0 Å². The van der Waals surface area contributed by atoms with Crippen molar-refractivity contribution in [3.63, 3.8) is 0 Å². The minimum atomic E-state index is -0.448. The van der Waals surface area contributed by atoms with Crippen LogP contribution in [0.1, 0.15) is 33.6 Å². The number of hydrogen-bond acceptors (Lipinski definition) is 5. The van der Waals surface area contributed by atoms with Gasteiger partial charge in [0.25, 0.3) is 0 Å². The molecule has 2 unspecified atom stereocenters. The molecule has 0 aromatic carbocycles. The lowest BCUT2D eigenvalue weighted by Gasteiger charge is -2.24. The normalized spacial score (nSPS) is 23.2. The summed E-state index contributed by atoms with van der Waals surface area (Å²) in [7, 11) is 0. The van der Waals surface area contributed by atoms with Gasteiger partial charge in [-0.1, -0.05) is 0 Å². The van der Waals surface area contributed by atoms with E-state index in [9.17, 15) is 4.79 Å². The number of ether oxygens (including phenoxy) is 1. The van der Waals surface area contributed by atoms with E-state index in [1.807, 2.05) is 37.9 Å². The van der Waals surface area contributed by atoms with Gasteiger partial charge in [0, 0.05) is 25.0 Å². The lowest BCUT2D eigenvalue weighted by atomic mass is 10.0. The van der Waals surface area contributed by atoms with Crippen molar-refractivity contribution in [2.75, 3.05) is 13.1 Å². The van der Waals surface area contributed by atoms with E-state index >= 15 is 0 Å². The number of fused-ring (bicyclic) bond motifs is 2. The first kappa shape index (κ1) is 16.1. The van der Waals surface area contributed by atoms with Crippen molar-refractivity contribution >= 4 is 28.7 Å². The summed E-state index contributed by atoms with van der Waals surface area (Å²) in [5.74, 6) is 1.66. The molecule has 2 aromatic rings. The van der Waals surface area contributed by atoms with E-state index in [-0.39, 0.29) is 6.09 Å². The number of carbonyl (C=O) groups excluding carboxylic acids is 1. The van der Waals surface area contributed by atoms with Crippen LogP contribution in [0.5, 0.6) is 0 Å². The Labute approximate surface area is 146 Å². The van der Waals surface area contributed by atoms with Gasteiger partial charge in [0.15, 0.2) is 5.82 Å². The standard InChI is InChI=1S/C18H23N5O2/c1-18(2,3)25-17(24)23-8-11-6-13(7-12(11)9-23)22-16-14-4-5-19-15(14)20-10-21-16/h4-5,10-12H,6-9H2,1-3H3,(H,19,20,21). The Morgan fingerprint density at radius 2 is 2.00 bits per heavy atom. The molecular weight excluding hydrogens is 318 g/mol. The van der Waals surface area contributed by atoms with Crippen LogP contribution in [-0.4, -0.2) is 50.3 Å². The van der Waals surface area contributed by atoms with E-state index in [4.69, 9.17) is 9.73 Å². The van der Waals surface area contributed by atoms with Crippen LogP contribution in [0.3, 0.4) is 0 Å². The molecule has 4 rings (SSSR count). The number of likely N-dealkylation sites (tertiary alicyclic amines) is 1. The van der Waals surface area contributed by atoms with Crippen LogP contribution >= 0.6 is 0 Å². The third kappa shape index (κ3) is 3.23. The molecule has 1 saturated heterocycles. The first-order valence-electron chi connectivity index (χ1n) is 8.71. The molecule has 1 amide bonds. The maximum absolute atomic E-state index is 12.2. The highest BCUT2D eigenvalue weighted by Crippen LogP contribution is 2.38. The molecular formula is C18H23N5O2. The molecule has 2 fully saturated rings. The van der Waals surface area contributed by atoms with Crippen LogP contribution in [0.15, 0.2) is 23.6 Å². The molecule has 25 heavy (non-hydrogen) atoms. The van der Waals surface area contributed by atoms with Gasteiger partial charge in [0.2, 0.25) is 0 Å². The highest BCUT2D eigenvalue weighted by atomic mass is 16.6. The van der Waals surface area contributed by atoms with Gasteiger partial charge in [0.1, 0.15) is 17.6 Å². The molecule has 1 aliphatic carbocycles. The fourth-order valence-corrected chi connectivity index (χ4v) is 3.75. The zero-order chi connectivity index (χ0) is 17.6. The second-order valence-corrected chi connectivity index (χ2v) is 7.93. The second-order valence-electron chi connectivity index (χ2n) is 7.93. The van der Waals surface area contributed by atoms with Crippen molar-refractivity contribution in [1.82, 2.24) is 19.9 Å². The van der Waals surface area contributed by atoms with E-state index in [0.717, 1.165) is 42.8 Å². The highest BCUT2D eigenvalue weighted by molar-refractivity contribution is 5.94. The topological polar surface area (TPSA) is 83.5 Å². The summed E-state index contributed by atoms with van der Waals surface area (Å²) in [4.78, 5) is 30.5. The predicted molar refractivity (Wildman–Crippen MR) is 95.0 cm³/mol. The zero-order valence-electron chi connectivity index (χ0n) is 14.8. The number of aromatic amines is 1. The van der Waals surface area contributed by atoms with E-state index in [2.05, 4.69) is 15.0 Å². The largest absolute Gasteiger partial charge is 0.444 e. The van der Waals surface area contributed by atoms with Crippen LogP contribution in [0.4, 0.5) is 10.6 Å². The van der Waals surface area contributed by atoms with Crippen LogP contribution in [0.25, 0.3) is 11.0 Å².